The average Bonchev–Trinajstić information content (AvgIpc) is 3.18. The lowest BCUT2D eigenvalue weighted by Crippen LogP contribution is -2.29. The number of piperidine rings is 1. The lowest BCUT2D eigenvalue weighted by molar-refractivity contribution is 0.218. The Morgan fingerprint density at radius 2 is 1.68 bits per heavy atom. The fourth-order valence-corrected chi connectivity index (χ4v) is 4.51. The number of hydrogen-bond acceptors (Lipinski definition) is 4. The van der Waals surface area contributed by atoms with Crippen molar-refractivity contribution in [3.63, 3.8) is 0 Å². The lowest BCUT2D eigenvalue weighted by Gasteiger charge is -2.26. The number of nitrogens with zero attached hydrogens (tertiary/aromatic N) is 3. The third kappa shape index (κ3) is 3.95. The molecule has 2 aromatic heterocycles. The number of aromatic nitrogens is 2. The van der Waals surface area contributed by atoms with Gasteiger partial charge in [0.25, 0.3) is 0 Å². The molecule has 0 radical (unpaired) electrons. The van der Waals surface area contributed by atoms with Gasteiger partial charge in [-0.25, -0.2) is 4.98 Å². The molecule has 31 heavy (non-hydrogen) atoms. The van der Waals surface area contributed by atoms with E-state index in [0.29, 0.717) is 0 Å². The Labute approximate surface area is 189 Å². The third-order valence-corrected chi connectivity index (χ3v) is 6.09. The fraction of sp³-hybridized carbons (Fsp3) is 0.320. The zero-order valence-electron chi connectivity index (χ0n) is 18.0. The predicted octanol–water partition coefficient (Wildman–Crippen LogP) is 5.58. The first-order chi connectivity index (χ1) is 14.8. The van der Waals surface area contributed by atoms with Crippen LogP contribution in [0.2, 0.25) is 0 Å². The van der Waals surface area contributed by atoms with Crippen molar-refractivity contribution in [2.75, 3.05) is 27.3 Å². The highest BCUT2D eigenvalue weighted by atomic mass is 35.5. The molecule has 0 aliphatic carbocycles. The van der Waals surface area contributed by atoms with Gasteiger partial charge in [0.05, 0.1) is 25.6 Å². The van der Waals surface area contributed by atoms with Crippen molar-refractivity contribution in [2.45, 2.75) is 25.8 Å². The molecule has 5 rings (SSSR count). The van der Waals surface area contributed by atoms with Crippen LogP contribution in [0.5, 0.6) is 11.5 Å². The van der Waals surface area contributed by atoms with Crippen LogP contribution in [0.1, 0.15) is 25.0 Å². The van der Waals surface area contributed by atoms with Gasteiger partial charge in [-0.3, -0.25) is 4.90 Å². The SMILES string of the molecule is COc1ccc(-c2nc3c4ccccc4ccn3c2CN2CCCCC2)cc1OC.Cl. The topological polar surface area (TPSA) is 39.0 Å². The van der Waals surface area contributed by atoms with Gasteiger partial charge in [-0.15, -0.1) is 12.4 Å². The van der Waals surface area contributed by atoms with Crippen LogP contribution in [-0.2, 0) is 6.54 Å². The van der Waals surface area contributed by atoms with Gasteiger partial charge in [0.1, 0.15) is 5.65 Å². The van der Waals surface area contributed by atoms with Crippen molar-refractivity contribution in [3.8, 4) is 22.8 Å². The van der Waals surface area contributed by atoms with E-state index < -0.39 is 0 Å². The van der Waals surface area contributed by atoms with Crippen molar-refractivity contribution in [1.29, 1.82) is 0 Å². The molecule has 1 saturated heterocycles. The van der Waals surface area contributed by atoms with Crippen molar-refractivity contribution < 1.29 is 9.47 Å². The van der Waals surface area contributed by atoms with Gasteiger partial charge in [-0.05, 0) is 55.6 Å². The smallest absolute Gasteiger partial charge is 0.161 e. The lowest BCUT2D eigenvalue weighted by atomic mass is 10.1. The Bertz CT molecular complexity index is 1200. The van der Waals surface area contributed by atoms with Crippen molar-refractivity contribution >= 4 is 28.8 Å². The van der Waals surface area contributed by atoms with E-state index in [2.05, 4.69) is 51.9 Å². The van der Waals surface area contributed by atoms with Crippen molar-refractivity contribution in [1.82, 2.24) is 14.3 Å². The summed E-state index contributed by atoms with van der Waals surface area (Å²) in [7, 11) is 3.34. The van der Waals surface area contributed by atoms with Gasteiger partial charge in [0.15, 0.2) is 11.5 Å². The highest BCUT2D eigenvalue weighted by Gasteiger charge is 2.20. The molecular formula is C25H28ClN3O2. The maximum absolute atomic E-state index is 5.56. The van der Waals surface area contributed by atoms with E-state index in [-0.39, 0.29) is 12.4 Å². The van der Waals surface area contributed by atoms with E-state index in [9.17, 15) is 0 Å². The van der Waals surface area contributed by atoms with Crippen LogP contribution in [0.3, 0.4) is 0 Å². The van der Waals surface area contributed by atoms with Gasteiger partial charge in [0.2, 0.25) is 0 Å². The van der Waals surface area contributed by atoms with Crippen molar-refractivity contribution in [3.05, 3.63) is 60.4 Å². The molecule has 4 aromatic rings. The minimum absolute atomic E-state index is 0. The van der Waals surface area contributed by atoms with E-state index in [1.807, 2.05) is 12.1 Å². The summed E-state index contributed by atoms with van der Waals surface area (Å²) in [6.07, 6.45) is 6.03. The molecule has 0 spiro atoms. The molecule has 1 aliphatic heterocycles. The maximum Gasteiger partial charge on any atom is 0.161 e. The quantitative estimate of drug-likeness (QED) is 0.408. The Morgan fingerprint density at radius 3 is 2.45 bits per heavy atom. The number of likely N-dealkylation sites (tertiary alicyclic amines) is 1. The van der Waals surface area contributed by atoms with Gasteiger partial charge in [0, 0.05) is 23.7 Å². The number of imidazole rings is 1. The van der Waals surface area contributed by atoms with Gasteiger partial charge >= 0.3 is 0 Å². The van der Waals surface area contributed by atoms with Gasteiger partial charge in [-0.2, -0.15) is 0 Å². The molecular weight excluding hydrogens is 410 g/mol. The highest BCUT2D eigenvalue weighted by Crippen LogP contribution is 2.35. The molecule has 0 unspecified atom stereocenters. The molecule has 1 aliphatic rings. The molecule has 0 atom stereocenters. The molecule has 0 bridgehead atoms. The maximum atomic E-state index is 5.56. The Morgan fingerprint density at radius 1 is 0.903 bits per heavy atom. The number of benzene rings is 2. The third-order valence-electron chi connectivity index (χ3n) is 6.09. The summed E-state index contributed by atoms with van der Waals surface area (Å²) in [5.41, 5.74) is 4.29. The largest absolute Gasteiger partial charge is 0.493 e. The molecule has 0 saturated carbocycles. The normalized spacial score (nSPS) is 14.5. The monoisotopic (exact) mass is 437 g/mol. The standard InChI is InChI=1S/C25H27N3O2.ClH/c1-29-22-11-10-19(16-23(22)30-2)24-21(17-27-13-6-3-7-14-27)28-15-12-18-8-4-5-9-20(18)25(28)26-24;/h4-5,8-12,15-16H,3,6-7,13-14,17H2,1-2H3;1H. The van der Waals surface area contributed by atoms with Crippen LogP contribution >= 0.6 is 12.4 Å². The van der Waals surface area contributed by atoms with Crippen LogP contribution in [0.4, 0.5) is 0 Å². The van der Waals surface area contributed by atoms with E-state index in [1.54, 1.807) is 14.2 Å². The number of rotatable bonds is 5. The average molecular weight is 438 g/mol. The van der Waals surface area contributed by atoms with Crippen molar-refractivity contribution in [2.24, 2.45) is 0 Å². The molecule has 162 valence electrons. The Balaban J connectivity index is 0.00000231. The minimum Gasteiger partial charge on any atom is -0.493 e. The first kappa shape index (κ1) is 21.5. The first-order valence-corrected chi connectivity index (χ1v) is 10.6. The molecule has 3 heterocycles. The zero-order valence-corrected chi connectivity index (χ0v) is 18.8. The highest BCUT2D eigenvalue weighted by molar-refractivity contribution is 5.95. The van der Waals surface area contributed by atoms with E-state index in [1.165, 1.54) is 35.7 Å². The molecule has 0 amide bonds. The Kier molecular flexibility index (Phi) is 6.35. The molecule has 0 N–H and O–H groups in total. The summed E-state index contributed by atoms with van der Waals surface area (Å²) < 4.78 is 13.3. The second-order valence-electron chi connectivity index (χ2n) is 7.91. The minimum atomic E-state index is 0. The summed E-state index contributed by atoms with van der Waals surface area (Å²) in [5, 5.41) is 2.38. The van der Waals surface area contributed by atoms with Gasteiger partial charge in [-0.1, -0.05) is 30.7 Å². The predicted molar refractivity (Wildman–Crippen MR) is 128 cm³/mol. The van der Waals surface area contributed by atoms with E-state index >= 15 is 0 Å². The molecule has 1 fully saturated rings. The summed E-state index contributed by atoms with van der Waals surface area (Å²) in [6, 6.07) is 16.7. The zero-order chi connectivity index (χ0) is 20.5. The number of halogens is 1. The second kappa shape index (κ2) is 9.16. The second-order valence-corrected chi connectivity index (χ2v) is 7.91. The summed E-state index contributed by atoms with van der Waals surface area (Å²) in [6.45, 7) is 3.18. The molecule has 6 heteroatoms. The first-order valence-electron chi connectivity index (χ1n) is 10.6. The fourth-order valence-electron chi connectivity index (χ4n) is 4.51. The van der Waals surface area contributed by atoms with Crippen LogP contribution < -0.4 is 9.47 Å². The van der Waals surface area contributed by atoms with Gasteiger partial charge < -0.3 is 13.9 Å². The number of pyridine rings is 1. The summed E-state index contributed by atoms with van der Waals surface area (Å²) in [4.78, 5) is 7.70. The van der Waals surface area contributed by atoms with Crippen LogP contribution in [0.15, 0.2) is 54.7 Å². The number of ether oxygens (including phenoxy) is 2. The van der Waals surface area contributed by atoms with E-state index in [4.69, 9.17) is 14.5 Å². The summed E-state index contributed by atoms with van der Waals surface area (Å²) in [5.74, 6) is 1.45. The van der Waals surface area contributed by atoms with Crippen LogP contribution in [-0.4, -0.2) is 41.6 Å². The number of methoxy groups -OCH3 is 2. The molecule has 2 aromatic carbocycles. The van der Waals surface area contributed by atoms with E-state index in [0.717, 1.165) is 48.0 Å². The summed E-state index contributed by atoms with van der Waals surface area (Å²) >= 11 is 0. The van der Waals surface area contributed by atoms with Crippen LogP contribution in [0.25, 0.3) is 27.7 Å². The van der Waals surface area contributed by atoms with Crippen LogP contribution in [0, 0.1) is 0 Å². The Hall–Kier alpha value is -2.76. The molecule has 5 nitrogen and oxygen atoms in total. The number of hydrogen-bond donors (Lipinski definition) is 0. The number of fused-ring (bicyclic) bond motifs is 3.